The third-order valence-electron chi connectivity index (χ3n) is 4.73. The van der Waals surface area contributed by atoms with Crippen molar-refractivity contribution in [1.29, 1.82) is 0 Å². The van der Waals surface area contributed by atoms with Gasteiger partial charge in [-0.25, -0.2) is 0 Å². The average molecular weight is 284 g/mol. The molecule has 0 amide bonds. The molecule has 2 atom stereocenters. The number of methoxy groups -OCH3 is 1. The van der Waals surface area contributed by atoms with Crippen LogP contribution in [-0.4, -0.2) is 25.3 Å². The lowest BCUT2D eigenvalue weighted by Gasteiger charge is -2.29. The molecule has 0 spiro atoms. The molecule has 1 saturated carbocycles. The molecule has 0 aromatic rings. The lowest BCUT2D eigenvalue weighted by atomic mass is 9.80. The second kappa shape index (κ2) is 9.38. The SMILES string of the molecule is CCCCCC1CCC(C(=O)OC(C)C(C)OC)CC1. The molecule has 20 heavy (non-hydrogen) atoms. The Morgan fingerprint density at radius 1 is 1.10 bits per heavy atom. The topological polar surface area (TPSA) is 35.5 Å². The van der Waals surface area contributed by atoms with Gasteiger partial charge in [0.05, 0.1) is 12.0 Å². The zero-order valence-electron chi connectivity index (χ0n) is 13.7. The first-order chi connectivity index (χ1) is 9.58. The van der Waals surface area contributed by atoms with Gasteiger partial charge in [0.15, 0.2) is 0 Å². The maximum Gasteiger partial charge on any atom is 0.309 e. The number of carbonyl (C=O) groups is 1. The van der Waals surface area contributed by atoms with Crippen LogP contribution in [0.15, 0.2) is 0 Å². The highest BCUT2D eigenvalue weighted by Crippen LogP contribution is 2.32. The van der Waals surface area contributed by atoms with Crippen LogP contribution in [0.25, 0.3) is 0 Å². The van der Waals surface area contributed by atoms with E-state index in [1.54, 1.807) is 7.11 Å². The van der Waals surface area contributed by atoms with Crippen LogP contribution in [0.1, 0.15) is 72.1 Å². The van der Waals surface area contributed by atoms with Crippen LogP contribution < -0.4 is 0 Å². The van der Waals surface area contributed by atoms with Crippen molar-refractivity contribution in [3.05, 3.63) is 0 Å². The number of ether oxygens (including phenoxy) is 2. The summed E-state index contributed by atoms with van der Waals surface area (Å²) in [5.41, 5.74) is 0. The van der Waals surface area contributed by atoms with Gasteiger partial charge in [-0.2, -0.15) is 0 Å². The van der Waals surface area contributed by atoms with Crippen LogP contribution in [0.4, 0.5) is 0 Å². The standard InChI is InChI=1S/C17H32O3/c1-5-6-7-8-15-9-11-16(12-10-15)17(18)20-14(3)13(2)19-4/h13-16H,5-12H2,1-4H3. The maximum atomic E-state index is 12.1. The minimum absolute atomic E-state index is 0.0200. The number of carbonyl (C=O) groups excluding carboxylic acids is 1. The van der Waals surface area contributed by atoms with E-state index in [2.05, 4.69) is 6.92 Å². The number of unbranched alkanes of at least 4 members (excludes halogenated alkanes) is 2. The lowest BCUT2D eigenvalue weighted by Crippen LogP contribution is -2.32. The summed E-state index contributed by atoms with van der Waals surface area (Å²) in [5.74, 6) is 0.929. The normalized spacial score (nSPS) is 26.0. The highest BCUT2D eigenvalue weighted by molar-refractivity contribution is 5.72. The minimum Gasteiger partial charge on any atom is -0.460 e. The Balaban J connectivity index is 2.25. The third-order valence-corrected chi connectivity index (χ3v) is 4.73. The summed E-state index contributed by atoms with van der Waals surface area (Å²) in [6.07, 6.45) is 9.51. The highest BCUT2D eigenvalue weighted by Gasteiger charge is 2.29. The molecule has 1 aliphatic rings. The lowest BCUT2D eigenvalue weighted by molar-refractivity contribution is -0.160. The molecule has 0 saturated heterocycles. The molecule has 0 aliphatic heterocycles. The Kier molecular flexibility index (Phi) is 8.20. The Morgan fingerprint density at radius 2 is 1.75 bits per heavy atom. The summed E-state index contributed by atoms with van der Waals surface area (Å²) < 4.78 is 10.7. The second-order valence-electron chi connectivity index (χ2n) is 6.30. The molecule has 3 heteroatoms. The van der Waals surface area contributed by atoms with Crippen molar-refractivity contribution in [1.82, 2.24) is 0 Å². The van der Waals surface area contributed by atoms with Crippen LogP contribution >= 0.6 is 0 Å². The highest BCUT2D eigenvalue weighted by atomic mass is 16.6. The molecule has 0 radical (unpaired) electrons. The van der Waals surface area contributed by atoms with Crippen LogP contribution in [0.2, 0.25) is 0 Å². The second-order valence-corrected chi connectivity index (χ2v) is 6.30. The van der Waals surface area contributed by atoms with Crippen LogP contribution in [0.3, 0.4) is 0 Å². The fourth-order valence-electron chi connectivity index (χ4n) is 2.94. The maximum absolute atomic E-state index is 12.1. The van der Waals surface area contributed by atoms with Gasteiger partial charge in [0.1, 0.15) is 6.10 Å². The van der Waals surface area contributed by atoms with Crippen molar-refractivity contribution < 1.29 is 14.3 Å². The predicted molar refractivity (Wildman–Crippen MR) is 81.6 cm³/mol. The van der Waals surface area contributed by atoms with E-state index in [4.69, 9.17) is 9.47 Å². The summed E-state index contributed by atoms with van der Waals surface area (Å²) in [6.45, 7) is 6.08. The molecule has 1 fully saturated rings. The van der Waals surface area contributed by atoms with Gasteiger partial charge < -0.3 is 9.47 Å². The minimum atomic E-state index is -0.158. The van der Waals surface area contributed by atoms with E-state index in [1.807, 2.05) is 13.8 Å². The first kappa shape index (κ1) is 17.5. The molecule has 1 aliphatic carbocycles. The van der Waals surface area contributed by atoms with E-state index >= 15 is 0 Å². The van der Waals surface area contributed by atoms with E-state index in [9.17, 15) is 4.79 Å². The summed E-state index contributed by atoms with van der Waals surface area (Å²) in [4.78, 5) is 12.1. The Morgan fingerprint density at radius 3 is 2.30 bits per heavy atom. The van der Waals surface area contributed by atoms with Crippen LogP contribution in [0.5, 0.6) is 0 Å². The quantitative estimate of drug-likeness (QED) is 0.491. The van der Waals surface area contributed by atoms with Crippen molar-refractivity contribution >= 4 is 5.97 Å². The number of rotatable bonds is 8. The third kappa shape index (κ3) is 5.82. The molecule has 1 rings (SSSR count). The largest absolute Gasteiger partial charge is 0.460 e. The summed E-state index contributed by atoms with van der Waals surface area (Å²) in [5, 5.41) is 0. The van der Waals surface area contributed by atoms with Crippen molar-refractivity contribution in [3.8, 4) is 0 Å². The predicted octanol–water partition coefficient (Wildman–Crippen LogP) is 4.34. The van der Waals surface area contributed by atoms with Gasteiger partial charge in [-0.3, -0.25) is 4.79 Å². The summed E-state index contributed by atoms with van der Waals surface area (Å²) in [7, 11) is 1.65. The molecular formula is C17H32O3. The van der Waals surface area contributed by atoms with Gasteiger partial charge >= 0.3 is 5.97 Å². The van der Waals surface area contributed by atoms with Crippen molar-refractivity contribution in [2.24, 2.45) is 11.8 Å². The molecule has 0 aromatic heterocycles. The Hall–Kier alpha value is -0.570. The number of hydrogen-bond acceptors (Lipinski definition) is 3. The Labute approximate surface area is 124 Å². The zero-order valence-corrected chi connectivity index (χ0v) is 13.7. The molecule has 0 heterocycles. The first-order valence-corrected chi connectivity index (χ1v) is 8.31. The van der Waals surface area contributed by atoms with Gasteiger partial charge in [-0.05, 0) is 45.4 Å². The molecule has 3 nitrogen and oxygen atoms in total. The van der Waals surface area contributed by atoms with E-state index in [1.165, 1.54) is 38.5 Å². The zero-order chi connectivity index (χ0) is 15.0. The molecule has 2 unspecified atom stereocenters. The van der Waals surface area contributed by atoms with Crippen LogP contribution in [0, 0.1) is 11.8 Å². The van der Waals surface area contributed by atoms with E-state index in [0.717, 1.165) is 18.8 Å². The number of hydrogen-bond donors (Lipinski definition) is 0. The molecule has 0 aromatic carbocycles. The van der Waals surface area contributed by atoms with Crippen molar-refractivity contribution in [2.75, 3.05) is 7.11 Å². The fraction of sp³-hybridized carbons (Fsp3) is 0.941. The number of esters is 1. The summed E-state index contributed by atoms with van der Waals surface area (Å²) >= 11 is 0. The van der Waals surface area contributed by atoms with Crippen molar-refractivity contribution in [2.45, 2.75) is 84.3 Å². The van der Waals surface area contributed by atoms with E-state index < -0.39 is 0 Å². The van der Waals surface area contributed by atoms with Gasteiger partial charge in [0.2, 0.25) is 0 Å². The monoisotopic (exact) mass is 284 g/mol. The van der Waals surface area contributed by atoms with Gasteiger partial charge in [-0.15, -0.1) is 0 Å². The van der Waals surface area contributed by atoms with Gasteiger partial charge in [0.25, 0.3) is 0 Å². The smallest absolute Gasteiger partial charge is 0.309 e. The molecule has 0 bridgehead atoms. The summed E-state index contributed by atoms with van der Waals surface area (Å²) in [6, 6.07) is 0. The van der Waals surface area contributed by atoms with E-state index in [0.29, 0.717) is 0 Å². The van der Waals surface area contributed by atoms with Crippen LogP contribution in [-0.2, 0) is 14.3 Å². The van der Waals surface area contributed by atoms with E-state index in [-0.39, 0.29) is 24.1 Å². The van der Waals surface area contributed by atoms with Crippen molar-refractivity contribution in [3.63, 3.8) is 0 Å². The van der Waals surface area contributed by atoms with Gasteiger partial charge in [0, 0.05) is 7.11 Å². The molecule has 0 N–H and O–H groups in total. The molecular weight excluding hydrogens is 252 g/mol. The van der Waals surface area contributed by atoms with Gasteiger partial charge in [-0.1, -0.05) is 32.6 Å². The molecule has 118 valence electrons. The first-order valence-electron chi connectivity index (χ1n) is 8.31. The Bertz CT molecular complexity index is 269. The average Bonchev–Trinajstić information content (AvgIpc) is 2.47. The fourth-order valence-corrected chi connectivity index (χ4v) is 2.94.